The first-order valence-electron chi connectivity index (χ1n) is 9.08. The maximum atomic E-state index is 12.3. The third kappa shape index (κ3) is 4.34. The Bertz CT molecular complexity index is 1020. The van der Waals surface area contributed by atoms with E-state index in [1.54, 1.807) is 16.9 Å². The first-order chi connectivity index (χ1) is 13.4. The number of ketones is 1. The number of aromatic nitrogens is 2. The molecule has 1 atom stereocenters. The van der Waals surface area contributed by atoms with Gasteiger partial charge < -0.3 is 4.57 Å². The van der Waals surface area contributed by atoms with Crippen molar-refractivity contribution in [3.05, 3.63) is 46.9 Å². The quantitative estimate of drug-likeness (QED) is 0.437. The summed E-state index contributed by atoms with van der Waals surface area (Å²) in [5, 5.41) is 11.6. The van der Waals surface area contributed by atoms with Crippen molar-refractivity contribution < 1.29 is 9.59 Å². The second-order valence-electron chi connectivity index (χ2n) is 6.84. The second-order valence-corrected chi connectivity index (χ2v) is 7.68. The van der Waals surface area contributed by atoms with Crippen LogP contribution in [0.25, 0.3) is 11.0 Å². The van der Waals surface area contributed by atoms with Crippen LogP contribution in [-0.2, 0) is 16.6 Å². The molecule has 1 aliphatic carbocycles. The van der Waals surface area contributed by atoms with Crippen LogP contribution in [0.1, 0.15) is 31.2 Å². The Kier molecular flexibility index (Phi) is 6.00. The largest absolute Gasteiger partial charge is 0.313 e. The lowest BCUT2D eigenvalue weighted by Gasteiger charge is -2.10. The SMILES string of the molecule is CS/C(C#N)=C\C=C\C(=O)Nc1nc2cc(C(C)C(=O)C3CC3)ccc2n1C. The van der Waals surface area contributed by atoms with Crippen molar-refractivity contribution in [3.8, 4) is 6.07 Å². The lowest BCUT2D eigenvalue weighted by Crippen LogP contribution is -2.11. The molecule has 1 unspecified atom stereocenters. The molecule has 0 radical (unpaired) electrons. The van der Waals surface area contributed by atoms with Crippen molar-refractivity contribution in [3.63, 3.8) is 0 Å². The first-order valence-corrected chi connectivity index (χ1v) is 10.3. The molecular formula is C21H22N4O2S. The highest BCUT2D eigenvalue weighted by atomic mass is 32.2. The Balaban J connectivity index is 1.77. The Labute approximate surface area is 168 Å². The lowest BCUT2D eigenvalue weighted by atomic mass is 9.94. The van der Waals surface area contributed by atoms with E-state index in [0.717, 1.165) is 29.4 Å². The van der Waals surface area contributed by atoms with Gasteiger partial charge in [-0.1, -0.05) is 19.1 Å². The van der Waals surface area contributed by atoms with Gasteiger partial charge in [-0.25, -0.2) is 4.98 Å². The van der Waals surface area contributed by atoms with Crippen LogP contribution < -0.4 is 5.32 Å². The molecule has 0 saturated heterocycles. The van der Waals surface area contributed by atoms with E-state index in [2.05, 4.69) is 10.3 Å². The average molecular weight is 395 g/mol. The van der Waals surface area contributed by atoms with E-state index in [9.17, 15) is 9.59 Å². The third-order valence-corrected chi connectivity index (χ3v) is 5.54. The number of carbonyl (C=O) groups excluding carboxylic acids is 2. The zero-order valence-corrected chi connectivity index (χ0v) is 16.9. The van der Waals surface area contributed by atoms with Gasteiger partial charge in [0.1, 0.15) is 11.9 Å². The maximum absolute atomic E-state index is 12.3. The fourth-order valence-electron chi connectivity index (χ4n) is 3.01. The summed E-state index contributed by atoms with van der Waals surface area (Å²) in [6.07, 6.45) is 8.28. The van der Waals surface area contributed by atoms with Gasteiger partial charge in [0, 0.05) is 25.0 Å². The number of anilines is 1. The molecule has 1 aliphatic rings. The summed E-state index contributed by atoms with van der Waals surface area (Å²) in [5.41, 5.74) is 2.57. The fourth-order valence-corrected chi connectivity index (χ4v) is 3.32. The van der Waals surface area contributed by atoms with Crippen LogP contribution in [0.3, 0.4) is 0 Å². The van der Waals surface area contributed by atoms with Gasteiger partial charge in [-0.15, -0.1) is 11.8 Å². The van der Waals surface area contributed by atoms with E-state index in [-0.39, 0.29) is 17.7 Å². The maximum Gasteiger partial charge on any atom is 0.250 e. The smallest absolute Gasteiger partial charge is 0.250 e. The molecule has 1 amide bonds. The molecule has 1 heterocycles. The number of fused-ring (bicyclic) bond motifs is 1. The number of nitrogens with zero attached hydrogens (tertiary/aromatic N) is 3. The summed E-state index contributed by atoms with van der Waals surface area (Å²) >= 11 is 1.32. The minimum Gasteiger partial charge on any atom is -0.313 e. The van der Waals surface area contributed by atoms with Crippen molar-refractivity contribution in [1.82, 2.24) is 9.55 Å². The van der Waals surface area contributed by atoms with Crippen molar-refractivity contribution >= 4 is 40.4 Å². The number of allylic oxidation sites excluding steroid dienone is 3. The Morgan fingerprint density at radius 1 is 1.43 bits per heavy atom. The molecule has 0 aliphatic heterocycles. The van der Waals surface area contributed by atoms with Crippen molar-refractivity contribution in [2.24, 2.45) is 13.0 Å². The number of Topliss-reactive ketones (excluding diaryl/α,β-unsaturated/α-hetero) is 1. The van der Waals surface area contributed by atoms with Gasteiger partial charge in [-0.05, 0) is 42.9 Å². The summed E-state index contributed by atoms with van der Waals surface area (Å²) in [4.78, 5) is 29.5. The Morgan fingerprint density at radius 3 is 2.82 bits per heavy atom. The van der Waals surface area contributed by atoms with Crippen molar-refractivity contribution in [2.45, 2.75) is 25.7 Å². The van der Waals surface area contributed by atoms with E-state index in [4.69, 9.17) is 5.26 Å². The number of nitrogens with one attached hydrogen (secondary N) is 1. The van der Waals surface area contributed by atoms with E-state index in [1.807, 2.05) is 38.2 Å². The molecule has 2 aromatic rings. The molecule has 1 N–H and O–H groups in total. The number of nitriles is 1. The number of hydrogen-bond donors (Lipinski definition) is 1. The Hall–Kier alpha value is -2.85. The van der Waals surface area contributed by atoms with Crippen LogP contribution in [0.2, 0.25) is 0 Å². The van der Waals surface area contributed by atoms with Crippen LogP contribution in [-0.4, -0.2) is 27.5 Å². The summed E-state index contributed by atoms with van der Waals surface area (Å²) in [7, 11) is 1.83. The standard InChI is InChI=1S/C21H22N4O2S/c1-13(20(27)14-7-8-14)15-9-10-18-17(11-15)23-21(25(18)2)24-19(26)6-4-5-16(12-22)28-3/h4-6,9-11,13-14H,7-8H2,1-3H3,(H,23,24,26)/b6-4+,16-5-. The highest BCUT2D eigenvalue weighted by Crippen LogP contribution is 2.36. The number of amides is 1. The normalized spacial score (nSPS) is 15.6. The molecule has 28 heavy (non-hydrogen) atoms. The first kappa shape index (κ1) is 19.9. The summed E-state index contributed by atoms with van der Waals surface area (Å²) in [6.45, 7) is 1.94. The topological polar surface area (TPSA) is 87.8 Å². The van der Waals surface area contributed by atoms with Crippen LogP contribution in [0.15, 0.2) is 41.3 Å². The molecule has 1 aromatic heterocycles. The van der Waals surface area contributed by atoms with Crippen molar-refractivity contribution in [1.29, 1.82) is 5.26 Å². The number of aryl methyl sites for hydroxylation is 1. The highest BCUT2D eigenvalue weighted by Gasteiger charge is 2.33. The molecule has 0 spiro atoms. The van der Waals surface area contributed by atoms with Crippen LogP contribution in [0.4, 0.5) is 5.95 Å². The second kappa shape index (κ2) is 8.44. The molecule has 6 nitrogen and oxygen atoms in total. The number of hydrogen-bond acceptors (Lipinski definition) is 5. The van der Waals surface area contributed by atoms with Gasteiger partial charge in [0.05, 0.1) is 15.9 Å². The predicted octanol–water partition coefficient (Wildman–Crippen LogP) is 3.92. The number of rotatable bonds is 7. The number of carbonyl (C=O) groups is 2. The van der Waals surface area contributed by atoms with Gasteiger partial charge in [0.25, 0.3) is 5.91 Å². The molecule has 1 saturated carbocycles. The fraction of sp³-hybridized carbons (Fsp3) is 0.333. The molecule has 3 rings (SSSR count). The summed E-state index contributed by atoms with van der Waals surface area (Å²) < 4.78 is 1.80. The van der Waals surface area contributed by atoms with Crippen molar-refractivity contribution in [2.75, 3.05) is 11.6 Å². The molecule has 0 bridgehead atoms. The predicted molar refractivity (Wildman–Crippen MR) is 112 cm³/mol. The zero-order valence-electron chi connectivity index (χ0n) is 16.1. The molecule has 144 valence electrons. The number of imidazole rings is 1. The molecular weight excluding hydrogens is 372 g/mol. The van der Waals surface area contributed by atoms with Crippen LogP contribution in [0, 0.1) is 17.2 Å². The minimum absolute atomic E-state index is 0.141. The highest BCUT2D eigenvalue weighted by molar-refractivity contribution is 8.02. The van der Waals surface area contributed by atoms with Gasteiger partial charge in [-0.3, -0.25) is 14.9 Å². The number of thioether (sulfide) groups is 1. The van der Waals surface area contributed by atoms with E-state index >= 15 is 0 Å². The van der Waals surface area contributed by atoms with Gasteiger partial charge >= 0.3 is 0 Å². The zero-order chi connectivity index (χ0) is 20.3. The molecule has 7 heteroatoms. The van der Waals surface area contributed by atoms with Crippen LogP contribution in [0.5, 0.6) is 0 Å². The van der Waals surface area contributed by atoms with Gasteiger partial charge in [0.15, 0.2) is 0 Å². The van der Waals surface area contributed by atoms with E-state index < -0.39 is 0 Å². The van der Waals surface area contributed by atoms with Gasteiger partial charge in [0.2, 0.25) is 5.95 Å². The van der Waals surface area contributed by atoms with E-state index in [1.165, 1.54) is 23.9 Å². The summed E-state index contributed by atoms with van der Waals surface area (Å²) in [5.74, 6) is 0.474. The lowest BCUT2D eigenvalue weighted by molar-refractivity contribution is -0.121. The Morgan fingerprint density at radius 2 is 2.18 bits per heavy atom. The van der Waals surface area contributed by atoms with Gasteiger partial charge in [-0.2, -0.15) is 5.26 Å². The molecule has 1 aromatic carbocycles. The average Bonchev–Trinajstić information content (AvgIpc) is 3.50. The minimum atomic E-state index is -0.328. The number of benzene rings is 1. The van der Waals surface area contributed by atoms with E-state index in [0.29, 0.717) is 16.6 Å². The molecule has 1 fully saturated rings. The third-order valence-electron chi connectivity index (χ3n) is 4.87. The summed E-state index contributed by atoms with van der Waals surface area (Å²) in [6, 6.07) is 7.84. The van der Waals surface area contributed by atoms with Crippen LogP contribution >= 0.6 is 11.8 Å². The monoisotopic (exact) mass is 394 g/mol.